The van der Waals surface area contributed by atoms with Crippen molar-refractivity contribution in [1.29, 1.82) is 0 Å². The Morgan fingerprint density at radius 2 is 2.00 bits per heavy atom. The zero-order valence-corrected chi connectivity index (χ0v) is 16.5. The highest BCUT2D eigenvalue weighted by atomic mass is 35.5. The van der Waals surface area contributed by atoms with Gasteiger partial charge in [-0.1, -0.05) is 11.6 Å². The van der Waals surface area contributed by atoms with E-state index in [9.17, 15) is 9.90 Å². The smallest absolute Gasteiger partial charge is 0.251 e. The van der Waals surface area contributed by atoms with Gasteiger partial charge in [-0.05, 0) is 50.8 Å². The van der Waals surface area contributed by atoms with Crippen LogP contribution in [0, 0.1) is 19.8 Å². The minimum atomic E-state index is -0.579. The Bertz CT molecular complexity index is 1030. The van der Waals surface area contributed by atoms with E-state index in [0.717, 1.165) is 16.9 Å². The fraction of sp³-hybridized carbons (Fsp3) is 0.400. The van der Waals surface area contributed by atoms with Crippen LogP contribution in [0.25, 0.3) is 11.0 Å². The SMILES string of the molecule is Cc1nc2ccc(C(=O)N[C@@H]3CC(Cn4cc(Cl)cn4)C[C@H]3O)cc2nc1C. The molecule has 1 aromatic carbocycles. The minimum absolute atomic E-state index is 0.214. The summed E-state index contributed by atoms with van der Waals surface area (Å²) in [6.07, 6.45) is 4.09. The van der Waals surface area contributed by atoms with E-state index >= 15 is 0 Å². The number of hydrogen-bond donors (Lipinski definition) is 2. The van der Waals surface area contributed by atoms with Crippen molar-refractivity contribution < 1.29 is 9.90 Å². The zero-order valence-electron chi connectivity index (χ0n) is 15.8. The molecule has 0 radical (unpaired) electrons. The molecule has 0 bridgehead atoms. The first-order chi connectivity index (χ1) is 13.4. The van der Waals surface area contributed by atoms with Crippen molar-refractivity contribution in [1.82, 2.24) is 25.1 Å². The molecule has 146 valence electrons. The molecule has 1 saturated carbocycles. The molecule has 0 saturated heterocycles. The lowest BCUT2D eigenvalue weighted by Crippen LogP contribution is -2.39. The number of fused-ring (bicyclic) bond motifs is 1. The molecule has 1 fully saturated rings. The van der Waals surface area contributed by atoms with E-state index in [0.29, 0.717) is 35.5 Å². The number of aromatic nitrogens is 4. The van der Waals surface area contributed by atoms with E-state index < -0.39 is 6.10 Å². The third kappa shape index (κ3) is 3.86. The summed E-state index contributed by atoms with van der Waals surface area (Å²) in [6, 6.07) is 5.00. The Balaban J connectivity index is 1.44. The highest BCUT2D eigenvalue weighted by molar-refractivity contribution is 6.30. The first-order valence-corrected chi connectivity index (χ1v) is 9.68. The van der Waals surface area contributed by atoms with Crippen molar-refractivity contribution in [2.75, 3.05) is 0 Å². The van der Waals surface area contributed by atoms with E-state index in [1.54, 1.807) is 35.3 Å². The standard InChI is InChI=1S/C20H22ClN5O2/c1-11-12(2)24-17-7-14(3-4-16(17)23-11)20(28)25-18-5-13(6-19(18)27)9-26-10-15(21)8-22-26/h3-4,7-8,10,13,18-19,27H,5-6,9H2,1-2H3,(H,25,28)/t13?,18-,19-/m1/s1. The lowest BCUT2D eigenvalue weighted by Gasteiger charge is -2.16. The predicted molar refractivity (Wildman–Crippen MR) is 106 cm³/mol. The fourth-order valence-corrected chi connectivity index (χ4v) is 3.91. The molecule has 1 aliphatic rings. The summed E-state index contributed by atoms with van der Waals surface area (Å²) >= 11 is 5.90. The van der Waals surface area contributed by atoms with Crippen LogP contribution < -0.4 is 5.32 Å². The molecule has 3 aromatic rings. The molecule has 3 atom stereocenters. The summed E-state index contributed by atoms with van der Waals surface area (Å²) in [5, 5.41) is 18.1. The van der Waals surface area contributed by atoms with Crippen molar-refractivity contribution in [3.63, 3.8) is 0 Å². The number of aliphatic hydroxyl groups excluding tert-OH is 1. The van der Waals surface area contributed by atoms with Gasteiger partial charge in [0.15, 0.2) is 0 Å². The summed E-state index contributed by atoms with van der Waals surface area (Å²) in [5.41, 5.74) is 3.69. The van der Waals surface area contributed by atoms with Crippen LogP contribution >= 0.6 is 11.6 Å². The fourth-order valence-electron chi connectivity index (χ4n) is 3.75. The molecular weight excluding hydrogens is 378 g/mol. The van der Waals surface area contributed by atoms with Gasteiger partial charge >= 0.3 is 0 Å². The van der Waals surface area contributed by atoms with Crippen molar-refractivity contribution in [3.8, 4) is 0 Å². The Morgan fingerprint density at radius 1 is 1.25 bits per heavy atom. The number of aryl methyl sites for hydroxylation is 2. The first-order valence-electron chi connectivity index (χ1n) is 9.31. The number of rotatable bonds is 4. The Hall–Kier alpha value is -2.51. The maximum atomic E-state index is 12.7. The number of nitrogens with zero attached hydrogens (tertiary/aromatic N) is 4. The van der Waals surface area contributed by atoms with Gasteiger partial charge in [-0.15, -0.1) is 0 Å². The summed E-state index contributed by atoms with van der Waals surface area (Å²) in [5.74, 6) is 0.0122. The van der Waals surface area contributed by atoms with Crippen LogP contribution in [0.15, 0.2) is 30.6 Å². The minimum Gasteiger partial charge on any atom is -0.391 e. The Labute approximate surface area is 167 Å². The van der Waals surface area contributed by atoms with Crippen molar-refractivity contribution in [3.05, 3.63) is 52.6 Å². The Kier molecular flexibility index (Phi) is 5.03. The number of amides is 1. The van der Waals surface area contributed by atoms with Gasteiger partial charge in [-0.2, -0.15) is 5.10 Å². The van der Waals surface area contributed by atoms with Crippen LogP contribution in [-0.4, -0.2) is 42.9 Å². The van der Waals surface area contributed by atoms with Crippen molar-refractivity contribution >= 4 is 28.5 Å². The number of benzene rings is 1. The second-order valence-electron chi connectivity index (χ2n) is 7.46. The largest absolute Gasteiger partial charge is 0.391 e. The molecule has 7 nitrogen and oxygen atoms in total. The molecule has 1 aliphatic carbocycles. The molecule has 2 aromatic heterocycles. The molecule has 0 spiro atoms. The number of halogens is 1. The second kappa shape index (κ2) is 7.48. The molecule has 8 heteroatoms. The summed E-state index contributed by atoms with van der Waals surface area (Å²) < 4.78 is 1.77. The van der Waals surface area contributed by atoms with Gasteiger partial charge in [0.2, 0.25) is 0 Å². The number of aliphatic hydroxyl groups is 1. The highest BCUT2D eigenvalue weighted by Gasteiger charge is 2.34. The monoisotopic (exact) mass is 399 g/mol. The molecule has 4 rings (SSSR count). The van der Waals surface area contributed by atoms with Gasteiger partial charge in [-0.3, -0.25) is 9.48 Å². The van der Waals surface area contributed by atoms with Gasteiger partial charge in [0.1, 0.15) is 0 Å². The summed E-state index contributed by atoms with van der Waals surface area (Å²) in [7, 11) is 0. The van der Waals surface area contributed by atoms with Crippen LogP contribution in [0.4, 0.5) is 0 Å². The first kappa shape index (κ1) is 18.8. The van der Waals surface area contributed by atoms with Crippen LogP contribution in [0.1, 0.15) is 34.6 Å². The van der Waals surface area contributed by atoms with E-state index in [1.807, 2.05) is 13.8 Å². The maximum Gasteiger partial charge on any atom is 0.251 e. The predicted octanol–water partition coefficient (Wildman–Crippen LogP) is 2.67. The third-order valence-corrected chi connectivity index (χ3v) is 5.52. The van der Waals surface area contributed by atoms with Gasteiger partial charge in [0.05, 0.1) is 45.8 Å². The average Bonchev–Trinajstić information content (AvgIpc) is 3.21. The Morgan fingerprint density at radius 3 is 2.71 bits per heavy atom. The molecular formula is C20H22ClN5O2. The van der Waals surface area contributed by atoms with E-state index in [-0.39, 0.29) is 17.9 Å². The average molecular weight is 400 g/mol. The number of nitrogens with one attached hydrogen (secondary N) is 1. The van der Waals surface area contributed by atoms with Gasteiger partial charge in [0, 0.05) is 18.3 Å². The maximum absolute atomic E-state index is 12.7. The summed E-state index contributed by atoms with van der Waals surface area (Å²) in [6.45, 7) is 4.48. The second-order valence-corrected chi connectivity index (χ2v) is 7.90. The number of carbonyl (C=O) groups excluding carboxylic acids is 1. The molecule has 2 heterocycles. The zero-order chi connectivity index (χ0) is 19.8. The molecule has 1 amide bonds. The number of hydrogen-bond acceptors (Lipinski definition) is 5. The van der Waals surface area contributed by atoms with Crippen LogP contribution in [0.5, 0.6) is 0 Å². The normalized spacial score (nSPS) is 21.9. The van der Waals surface area contributed by atoms with Crippen LogP contribution in [0.3, 0.4) is 0 Å². The molecule has 2 N–H and O–H groups in total. The summed E-state index contributed by atoms with van der Waals surface area (Å²) in [4.78, 5) is 21.7. The van der Waals surface area contributed by atoms with E-state index in [2.05, 4.69) is 20.4 Å². The molecule has 0 aliphatic heterocycles. The van der Waals surface area contributed by atoms with Gasteiger partial charge in [0.25, 0.3) is 5.91 Å². The van der Waals surface area contributed by atoms with Crippen LogP contribution in [0.2, 0.25) is 5.02 Å². The lowest BCUT2D eigenvalue weighted by molar-refractivity contribution is 0.0873. The third-order valence-electron chi connectivity index (χ3n) is 5.33. The molecule has 1 unspecified atom stereocenters. The quantitative estimate of drug-likeness (QED) is 0.703. The van der Waals surface area contributed by atoms with Gasteiger partial charge < -0.3 is 10.4 Å². The van der Waals surface area contributed by atoms with Gasteiger partial charge in [-0.25, -0.2) is 9.97 Å². The lowest BCUT2D eigenvalue weighted by atomic mass is 10.1. The molecule has 28 heavy (non-hydrogen) atoms. The highest BCUT2D eigenvalue weighted by Crippen LogP contribution is 2.28. The van der Waals surface area contributed by atoms with E-state index in [4.69, 9.17) is 11.6 Å². The van der Waals surface area contributed by atoms with Crippen LogP contribution in [-0.2, 0) is 6.54 Å². The van der Waals surface area contributed by atoms with Crippen molar-refractivity contribution in [2.24, 2.45) is 5.92 Å². The topological polar surface area (TPSA) is 92.9 Å². The van der Waals surface area contributed by atoms with Crippen molar-refractivity contribution in [2.45, 2.75) is 45.4 Å². The van der Waals surface area contributed by atoms with E-state index in [1.165, 1.54) is 0 Å². The number of carbonyl (C=O) groups is 1.